The zero-order valence-electron chi connectivity index (χ0n) is 15.8. The first-order chi connectivity index (χ1) is 12.9. The number of ether oxygens (including phenoxy) is 1. The number of aromatic nitrogens is 3. The maximum absolute atomic E-state index is 13.0. The van der Waals surface area contributed by atoms with E-state index in [-0.39, 0.29) is 18.4 Å². The first-order valence-electron chi connectivity index (χ1n) is 8.59. The molecular weight excluding hydrogens is 364 g/mol. The number of rotatable bonds is 6. The molecule has 0 spiro atoms. The van der Waals surface area contributed by atoms with Crippen molar-refractivity contribution in [1.82, 2.24) is 19.7 Å². The van der Waals surface area contributed by atoms with Crippen LogP contribution in [0.5, 0.6) is 0 Å². The van der Waals surface area contributed by atoms with E-state index in [1.165, 1.54) is 16.9 Å². The molecule has 1 atom stereocenters. The van der Waals surface area contributed by atoms with E-state index >= 15 is 0 Å². The third-order valence-corrected chi connectivity index (χ3v) is 5.21. The number of carbonyl (C=O) groups excluding carboxylic acids is 2. The van der Waals surface area contributed by atoms with E-state index in [9.17, 15) is 9.59 Å². The number of aryl methyl sites for hydroxylation is 1. The minimum absolute atomic E-state index is 0.170. The largest absolute Gasteiger partial charge is 0.469 e. The van der Waals surface area contributed by atoms with E-state index in [2.05, 4.69) is 10.1 Å². The molecule has 3 heterocycles. The highest BCUT2D eigenvalue weighted by molar-refractivity contribution is 7.09. The zero-order valence-corrected chi connectivity index (χ0v) is 16.6. The van der Waals surface area contributed by atoms with E-state index in [4.69, 9.17) is 4.74 Å². The lowest BCUT2D eigenvalue weighted by Gasteiger charge is -2.20. The van der Waals surface area contributed by atoms with Crippen molar-refractivity contribution in [3.05, 3.63) is 45.9 Å². The predicted octanol–water partition coefficient (Wildman–Crippen LogP) is 2.73. The molecule has 0 saturated heterocycles. The fraction of sp³-hybridized carbons (Fsp3) is 0.368. The molecular formula is C19H22N4O3S. The molecule has 0 aromatic carbocycles. The molecule has 0 aliphatic carbocycles. The molecule has 0 fully saturated rings. The summed E-state index contributed by atoms with van der Waals surface area (Å²) in [5.41, 5.74) is 1.96. The lowest BCUT2D eigenvalue weighted by Crippen LogP contribution is -2.34. The second-order valence-electron chi connectivity index (χ2n) is 6.54. The number of nitrogens with zero attached hydrogens (tertiary/aromatic N) is 4. The molecule has 1 unspecified atom stereocenters. The van der Waals surface area contributed by atoms with Crippen LogP contribution in [0.1, 0.15) is 27.9 Å². The van der Waals surface area contributed by atoms with Crippen molar-refractivity contribution in [3.8, 4) is 0 Å². The summed E-state index contributed by atoms with van der Waals surface area (Å²) < 4.78 is 6.55. The maximum Gasteiger partial charge on any atom is 0.310 e. The van der Waals surface area contributed by atoms with Crippen LogP contribution < -0.4 is 0 Å². The van der Waals surface area contributed by atoms with Crippen LogP contribution in [-0.4, -0.2) is 52.2 Å². The highest BCUT2D eigenvalue weighted by atomic mass is 32.1. The van der Waals surface area contributed by atoms with Gasteiger partial charge >= 0.3 is 5.97 Å². The molecule has 3 rings (SSSR count). The molecule has 142 valence electrons. The van der Waals surface area contributed by atoms with Crippen molar-refractivity contribution >= 4 is 34.2 Å². The maximum atomic E-state index is 13.0. The van der Waals surface area contributed by atoms with Crippen molar-refractivity contribution in [2.45, 2.75) is 20.4 Å². The van der Waals surface area contributed by atoms with Gasteiger partial charge in [0.25, 0.3) is 5.91 Å². The Morgan fingerprint density at radius 2 is 2.19 bits per heavy atom. The van der Waals surface area contributed by atoms with E-state index < -0.39 is 5.92 Å². The number of methoxy groups -OCH3 is 1. The normalized spacial score (nSPS) is 12.1. The average Bonchev–Trinajstić information content (AvgIpc) is 3.30. The fourth-order valence-corrected chi connectivity index (χ4v) is 3.68. The van der Waals surface area contributed by atoms with Gasteiger partial charge in [-0.25, -0.2) is 9.67 Å². The van der Waals surface area contributed by atoms with Crippen molar-refractivity contribution in [3.63, 3.8) is 0 Å². The highest BCUT2D eigenvalue weighted by Gasteiger charge is 2.22. The molecule has 3 aromatic heterocycles. The van der Waals surface area contributed by atoms with Crippen LogP contribution in [-0.2, 0) is 16.1 Å². The Kier molecular flexibility index (Phi) is 5.55. The first-order valence-corrected chi connectivity index (χ1v) is 9.47. The first kappa shape index (κ1) is 19.0. The van der Waals surface area contributed by atoms with E-state index in [0.717, 1.165) is 5.69 Å². The number of amides is 1. The van der Waals surface area contributed by atoms with Gasteiger partial charge in [0.2, 0.25) is 0 Å². The number of fused-ring (bicyclic) bond motifs is 1. The Morgan fingerprint density at radius 3 is 2.85 bits per heavy atom. The summed E-state index contributed by atoms with van der Waals surface area (Å²) in [6.07, 6.45) is 1.68. The molecule has 0 radical (unpaired) electrons. The van der Waals surface area contributed by atoms with Crippen molar-refractivity contribution in [1.29, 1.82) is 0 Å². The van der Waals surface area contributed by atoms with E-state index in [1.54, 1.807) is 37.6 Å². The summed E-state index contributed by atoms with van der Waals surface area (Å²) in [6.45, 7) is 4.48. The second kappa shape index (κ2) is 7.87. The SMILES string of the molecule is COC(=O)C(C)CN(C)C(=O)c1cc(C)nc2c1cnn2Cc1cccs1. The Labute approximate surface area is 161 Å². The monoisotopic (exact) mass is 386 g/mol. The van der Waals surface area contributed by atoms with Gasteiger partial charge in [0.15, 0.2) is 5.65 Å². The van der Waals surface area contributed by atoms with Gasteiger partial charge in [0, 0.05) is 24.2 Å². The van der Waals surface area contributed by atoms with E-state index in [0.29, 0.717) is 23.1 Å². The molecule has 8 heteroatoms. The number of hydrogen-bond acceptors (Lipinski definition) is 6. The Balaban J connectivity index is 1.91. The number of carbonyl (C=O) groups is 2. The van der Waals surface area contributed by atoms with Gasteiger partial charge in [-0.2, -0.15) is 5.10 Å². The summed E-state index contributed by atoms with van der Waals surface area (Å²) in [5, 5.41) is 7.16. The van der Waals surface area contributed by atoms with Crippen LogP contribution in [0.4, 0.5) is 0 Å². The Morgan fingerprint density at radius 1 is 1.41 bits per heavy atom. The number of pyridine rings is 1. The molecule has 0 aliphatic heterocycles. The quantitative estimate of drug-likeness (QED) is 0.609. The molecule has 3 aromatic rings. The summed E-state index contributed by atoms with van der Waals surface area (Å²) in [4.78, 5) is 31.9. The Bertz CT molecular complexity index is 965. The van der Waals surface area contributed by atoms with Crippen LogP contribution >= 0.6 is 11.3 Å². The average molecular weight is 386 g/mol. The van der Waals surface area contributed by atoms with Gasteiger partial charge in [0.05, 0.1) is 36.7 Å². The van der Waals surface area contributed by atoms with Gasteiger partial charge in [0.1, 0.15) is 0 Å². The molecule has 0 aliphatic rings. The molecule has 0 bridgehead atoms. The third-order valence-electron chi connectivity index (χ3n) is 4.35. The number of hydrogen-bond donors (Lipinski definition) is 0. The summed E-state index contributed by atoms with van der Waals surface area (Å²) in [5.74, 6) is -0.907. The fourth-order valence-electron chi connectivity index (χ4n) is 2.99. The topological polar surface area (TPSA) is 77.3 Å². The van der Waals surface area contributed by atoms with Crippen LogP contribution in [0.15, 0.2) is 29.8 Å². The molecule has 1 amide bonds. The zero-order chi connectivity index (χ0) is 19.6. The van der Waals surface area contributed by atoms with Crippen LogP contribution in [0.3, 0.4) is 0 Å². The molecule has 0 saturated carbocycles. The summed E-state index contributed by atoms with van der Waals surface area (Å²) >= 11 is 1.65. The van der Waals surface area contributed by atoms with Gasteiger partial charge in [-0.05, 0) is 24.4 Å². The van der Waals surface area contributed by atoms with Crippen molar-refractivity contribution in [2.75, 3.05) is 20.7 Å². The van der Waals surface area contributed by atoms with Crippen molar-refractivity contribution < 1.29 is 14.3 Å². The van der Waals surface area contributed by atoms with Crippen molar-refractivity contribution in [2.24, 2.45) is 5.92 Å². The summed E-state index contributed by atoms with van der Waals surface area (Å²) in [6, 6.07) is 5.81. The molecule has 27 heavy (non-hydrogen) atoms. The smallest absolute Gasteiger partial charge is 0.310 e. The van der Waals surface area contributed by atoms with Gasteiger partial charge in [-0.15, -0.1) is 11.3 Å². The second-order valence-corrected chi connectivity index (χ2v) is 7.57. The lowest BCUT2D eigenvalue weighted by molar-refractivity contribution is -0.145. The van der Waals surface area contributed by atoms with Gasteiger partial charge in [-0.1, -0.05) is 13.0 Å². The van der Waals surface area contributed by atoms with Crippen LogP contribution in [0.2, 0.25) is 0 Å². The van der Waals surface area contributed by atoms with E-state index in [1.807, 2.05) is 29.1 Å². The van der Waals surface area contributed by atoms with Gasteiger partial charge in [-0.3, -0.25) is 9.59 Å². The number of thiophene rings is 1. The van der Waals surface area contributed by atoms with Gasteiger partial charge < -0.3 is 9.64 Å². The molecule has 7 nitrogen and oxygen atoms in total. The number of esters is 1. The van der Waals surface area contributed by atoms with Crippen LogP contribution in [0, 0.1) is 12.8 Å². The van der Waals surface area contributed by atoms with Crippen LogP contribution in [0.25, 0.3) is 11.0 Å². The standard InChI is InChI=1S/C19H22N4O3S/c1-12(19(25)26-4)10-22(3)18(24)15-8-13(2)21-17-16(15)9-20-23(17)11-14-6-5-7-27-14/h5-9,12H,10-11H2,1-4H3. The Hall–Kier alpha value is -2.74. The highest BCUT2D eigenvalue weighted by Crippen LogP contribution is 2.22. The predicted molar refractivity (Wildman–Crippen MR) is 104 cm³/mol. The minimum Gasteiger partial charge on any atom is -0.469 e. The lowest BCUT2D eigenvalue weighted by atomic mass is 10.1. The summed E-state index contributed by atoms with van der Waals surface area (Å²) in [7, 11) is 3.03. The third kappa shape index (κ3) is 4.00. The minimum atomic E-state index is -0.399. The molecule has 0 N–H and O–H groups in total.